The van der Waals surface area contributed by atoms with Crippen LogP contribution in [0.5, 0.6) is 0 Å². The van der Waals surface area contributed by atoms with Crippen molar-refractivity contribution >= 4 is 10.9 Å². The molecule has 2 rings (SSSR count). The van der Waals surface area contributed by atoms with Crippen LogP contribution in [0.15, 0.2) is 18.2 Å². The van der Waals surface area contributed by atoms with E-state index >= 15 is 0 Å². The lowest BCUT2D eigenvalue weighted by atomic mass is 10.1. The van der Waals surface area contributed by atoms with Crippen LogP contribution in [0.25, 0.3) is 10.9 Å². The molecule has 3 heteroatoms. The van der Waals surface area contributed by atoms with Crippen molar-refractivity contribution in [2.24, 2.45) is 12.9 Å². The zero-order chi connectivity index (χ0) is 11.7. The Labute approximate surface area is 95.8 Å². The Morgan fingerprint density at radius 1 is 1.31 bits per heavy atom. The number of nitrogens with zero attached hydrogens (tertiary/aromatic N) is 1. The molecule has 3 nitrogen and oxygen atoms in total. The fourth-order valence-corrected chi connectivity index (χ4v) is 2.14. The maximum absolute atomic E-state index is 5.04. The lowest BCUT2D eigenvalue weighted by Gasteiger charge is -2.02. The summed E-state index contributed by atoms with van der Waals surface area (Å²) in [5.74, 6) is 5.04. The van der Waals surface area contributed by atoms with Gasteiger partial charge in [0.15, 0.2) is 0 Å². The standard InChI is InChI=1S/C13H18N2O/c1-9-10(2)15(3)13-5-4-11(6-7-16-14)8-12(9)13/h4-5,8H,6-7,14H2,1-3H3. The van der Waals surface area contributed by atoms with Crippen molar-refractivity contribution < 1.29 is 4.84 Å². The molecule has 0 aliphatic carbocycles. The SMILES string of the molecule is Cc1c(C)n(C)c2ccc(CCON)cc12. The van der Waals surface area contributed by atoms with Gasteiger partial charge in [-0.05, 0) is 43.5 Å². The molecule has 0 fully saturated rings. The summed E-state index contributed by atoms with van der Waals surface area (Å²) in [5.41, 5.74) is 5.23. The average molecular weight is 218 g/mol. The van der Waals surface area contributed by atoms with E-state index in [9.17, 15) is 0 Å². The summed E-state index contributed by atoms with van der Waals surface area (Å²) >= 11 is 0. The van der Waals surface area contributed by atoms with E-state index in [-0.39, 0.29) is 0 Å². The molecule has 1 aromatic carbocycles. The van der Waals surface area contributed by atoms with Crippen LogP contribution < -0.4 is 5.90 Å². The van der Waals surface area contributed by atoms with E-state index in [2.05, 4.69) is 48.5 Å². The predicted molar refractivity (Wildman–Crippen MR) is 66.2 cm³/mol. The smallest absolute Gasteiger partial charge is 0.0719 e. The van der Waals surface area contributed by atoms with E-state index in [0.29, 0.717) is 6.61 Å². The number of aryl methyl sites for hydroxylation is 2. The van der Waals surface area contributed by atoms with E-state index in [4.69, 9.17) is 5.90 Å². The number of hydrogen-bond acceptors (Lipinski definition) is 2. The van der Waals surface area contributed by atoms with Gasteiger partial charge >= 0.3 is 0 Å². The minimum absolute atomic E-state index is 0.566. The summed E-state index contributed by atoms with van der Waals surface area (Å²) in [6.07, 6.45) is 0.861. The van der Waals surface area contributed by atoms with Gasteiger partial charge in [-0.2, -0.15) is 0 Å². The second-order valence-electron chi connectivity index (χ2n) is 4.24. The van der Waals surface area contributed by atoms with Crippen LogP contribution in [-0.2, 0) is 18.3 Å². The summed E-state index contributed by atoms with van der Waals surface area (Å²) < 4.78 is 2.23. The van der Waals surface area contributed by atoms with Crippen molar-refractivity contribution in [3.05, 3.63) is 35.0 Å². The lowest BCUT2D eigenvalue weighted by Crippen LogP contribution is -2.03. The monoisotopic (exact) mass is 218 g/mol. The van der Waals surface area contributed by atoms with Gasteiger partial charge in [-0.1, -0.05) is 6.07 Å². The van der Waals surface area contributed by atoms with Gasteiger partial charge in [0.1, 0.15) is 0 Å². The highest BCUT2D eigenvalue weighted by atomic mass is 16.6. The molecule has 0 atom stereocenters. The molecule has 0 spiro atoms. The normalized spacial score (nSPS) is 11.2. The van der Waals surface area contributed by atoms with Gasteiger partial charge in [0.25, 0.3) is 0 Å². The molecule has 0 unspecified atom stereocenters. The van der Waals surface area contributed by atoms with Gasteiger partial charge in [-0.25, -0.2) is 5.90 Å². The number of nitrogens with two attached hydrogens (primary N) is 1. The van der Waals surface area contributed by atoms with Gasteiger partial charge in [0, 0.05) is 23.6 Å². The van der Waals surface area contributed by atoms with Crippen LogP contribution in [-0.4, -0.2) is 11.2 Å². The summed E-state index contributed by atoms with van der Waals surface area (Å²) in [6.45, 7) is 4.88. The maximum Gasteiger partial charge on any atom is 0.0719 e. The molecule has 0 saturated heterocycles. The Morgan fingerprint density at radius 2 is 2.06 bits per heavy atom. The van der Waals surface area contributed by atoms with Gasteiger partial charge in [0.2, 0.25) is 0 Å². The zero-order valence-electron chi connectivity index (χ0n) is 10.1. The highest BCUT2D eigenvalue weighted by Gasteiger charge is 2.08. The minimum Gasteiger partial charge on any atom is -0.348 e. The molecule has 1 heterocycles. The van der Waals surface area contributed by atoms with Crippen LogP contribution in [0.2, 0.25) is 0 Å². The summed E-state index contributed by atoms with van der Waals surface area (Å²) in [7, 11) is 2.10. The molecule has 0 bridgehead atoms. The Balaban J connectivity index is 2.49. The summed E-state index contributed by atoms with van der Waals surface area (Å²) in [4.78, 5) is 4.61. The van der Waals surface area contributed by atoms with Crippen molar-refractivity contribution in [3.8, 4) is 0 Å². The quantitative estimate of drug-likeness (QED) is 0.802. The lowest BCUT2D eigenvalue weighted by molar-refractivity contribution is 0.141. The van der Waals surface area contributed by atoms with E-state index in [1.165, 1.54) is 27.7 Å². The first-order valence-corrected chi connectivity index (χ1v) is 5.51. The number of hydrogen-bond donors (Lipinski definition) is 1. The Bertz CT molecular complexity index is 514. The number of aromatic nitrogens is 1. The topological polar surface area (TPSA) is 40.2 Å². The van der Waals surface area contributed by atoms with Crippen LogP contribution in [0.3, 0.4) is 0 Å². The maximum atomic E-state index is 5.04. The molecule has 0 aliphatic heterocycles. The highest BCUT2D eigenvalue weighted by Crippen LogP contribution is 2.25. The van der Waals surface area contributed by atoms with Crippen LogP contribution in [0, 0.1) is 13.8 Å². The first-order chi connectivity index (χ1) is 7.65. The molecule has 0 aliphatic rings. The molecule has 0 radical (unpaired) electrons. The molecule has 2 N–H and O–H groups in total. The molecule has 2 aromatic rings. The molecular formula is C13H18N2O. The third-order valence-electron chi connectivity index (χ3n) is 3.38. The van der Waals surface area contributed by atoms with E-state index in [0.717, 1.165) is 6.42 Å². The number of benzene rings is 1. The Kier molecular flexibility index (Phi) is 2.99. The van der Waals surface area contributed by atoms with E-state index in [1.54, 1.807) is 0 Å². The first-order valence-electron chi connectivity index (χ1n) is 5.51. The van der Waals surface area contributed by atoms with Crippen molar-refractivity contribution in [1.82, 2.24) is 4.57 Å². The third-order valence-corrected chi connectivity index (χ3v) is 3.38. The first kappa shape index (κ1) is 11.2. The van der Waals surface area contributed by atoms with E-state index in [1.807, 2.05) is 0 Å². The van der Waals surface area contributed by atoms with Crippen molar-refractivity contribution in [2.75, 3.05) is 6.61 Å². The van der Waals surface area contributed by atoms with Gasteiger partial charge in [-0.3, -0.25) is 0 Å². The predicted octanol–water partition coefficient (Wildman–Crippen LogP) is 2.23. The number of rotatable bonds is 3. The second-order valence-corrected chi connectivity index (χ2v) is 4.24. The minimum atomic E-state index is 0.566. The fraction of sp³-hybridized carbons (Fsp3) is 0.385. The van der Waals surface area contributed by atoms with Crippen molar-refractivity contribution in [2.45, 2.75) is 20.3 Å². The summed E-state index contributed by atoms with van der Waals surface area (Å²) in [6, 6.07) is 6.54. The van der Waals surface area contributed by atoms with Crippen LogP contribution in [0.4, 0.5) is 0 Å². The number of fused-ring (bicyclic) bond motifs is 1. The molecule has 16 heavy (non-hydrogen) atoms. The largest absolute Gasteiger partial charge is 0.348 e. The second kappa shape index (κ2) is 4.28. The average Bonchev–Trinajstić information content (AvgIpc) is 2.52. The Hall–Kier alpha value is -1.32. The Morgan fingerprint density at radius 3 is 2.75 bits per heavy atom. The molecule has 86 valence electrons. The van der Waals surface area contributed by atoms with Gasteiger partial charge < -0.3 is 9.40 Å². The van der Waals surface area contributed by atoms with Crippen molar-refractivity contribution in [3.63, 3.8) is 0 Å². The molecule has 0 saturated carbocycles. The van der Waals surface area contributed by atoms with Gasteiger partial charge in [-0.15, -0.1) is 0 Å². The fourth-order valence-electron chi connectivity index (χ4n) is 2.14. The van der Waals surface area contributed by atoms with E-state index < -0.39 is 0 Å². The van der Waals surface area contributed by atoms with Crippen LogP contribution in [0.1, 0.15) is 16.8 Å². The molecule has 0 amide bonds. The van der Waals surface area contributed by atoms with Gasteiger partial charge in [0.05, 0.1) is 6.61 Å². The molecular weight excluding hydrogens is 200 g/mol. The summed E-state index contributed by atoms with van der Waals surface area (Å²) in [5, 5.41) is 1.33. The highest BCUT2D eigenvalue weighted by molar-refractivity contribution is 5.85. The van der Waals surface area contributed by atoms with Crippen molar-refractivity contribution in [1.29, 1.82) is 0 Å². The zero-order valence-corrected chi connectivity index (χ0v) is 10.1. The molecule has 1 aromatic heterocycles. The third kappa shape index (κ3) is 1.72. The van der Waals surface area contributed by atoms with Crippen LogP contribution >= 0.6 is 0 Å².